The summed E-state index contributed by atoms with van der Waals surface area (Å²) in [6.07, 6.45) is 3.31. The minimum Gasteiger partial charge on any atom is -0.349 e. The van der Waals surface area contributed by atoms with Crippen molar-refractivity contribution in [3.63, 3.8) is 0 Å². The minimum atomic E-state index is -3.73. The van der Waals surface area contributed by atoms with Gasteiger partial charge in [0.25, 0.3) is 0 Å². The highest BCUT2D eigenvalue weighted by Crippen LogP contribution is 2.29. The Morgan fingerprint density at radius 3 is 2.74 bits per heavy atom. The molecule has 0 fully saturated rings. The third kappa shape index (κ3) is 5.16. The molecular formula is C22H22FN3O4S. The molecule has 0 saturated carbocycles. The van der Waals surface area contributed by atoms with Gasteiger partial charge in [-0.15, -0.1) is 0 Å². The van der Waals surface area contributed by atoms with E-state index in [4.69, 9.17) is 4.52 Å². The van der Waals surface area contributed by atoms with Crippen LogP contribution in [0.5, 0.6) is 0 Å². The number of carbonyl (C=O) groups excluding carboxylic acids is 1. The third-order valence-corrected chi connectivity index (χ3v) is 6.90. The molecular weight excluding hydrogens is 421 g/mol. The molecule has 1 atom stereocenters. The number of aromatic nitrogens is 2. The van der Waals surface area contributed by atoms with Gasteiger partial charge in [0.15, 0.2) is 15.7 Å². The van der Waals surface area contributed by atoms with E-state index in [1.807, 2.05) is 18.2 Å². The lowest BCUT2D eigenvalue weighted by molar-refractivity contribution is -0.122. The molecule has 31 heavy (non-hydrogen) atoms. The van der Waals surface area contributed by atoms with Crippen LogP contribution >= 0.6 is 0 Å². The van der Waals surface area contributed by atoms with Gasteiger partial charge in [0.2, 0.25) is 11.8 Å². The zero-order valence-electron chi connectivity index (χ0n) is 16.8. The number of halogens is 1. The second-order valence-corrected chi connectivity index (χ2v) is 9.52. The Morgan fingerprint density at radius 2 is 1.94 bits per heavy atom. The lowest BCUT2D eigenvalue weighted by Gasteiger charge is -2.26. The van der Waals surface area contributed by atoms with Crippen LogP contribution in [0.3, 0.4) is 0 Å². The second-order valence-electron chi connectivity index (χ2n) is 7.53. The number of nitrogens with zero attached hydrogens (tertiary/aromatic N) is 2. The molecule has 1 aliphatic carbocycles. The van der Waals surface area contributed by atoms with E-state index < -0.39 is 21.4 Å². The van der Waals surface area contributed by atoms with Gasteiger partial charge in [-0.05, 0) is 54.7 Å². The molecule has 9 heteroatoms. The summed E-state index contributed by atoms with van der Waals surface area (Å²) in [7, 11) is -3.73. The fraction of sp³-hybridized carbons (Fsp3) is 0.318. The van der Waals surface area contributed by atoms with Crippen LogP contribution in [0.25, 0.3) is 0 Å². The van der Waals surface area contributed by atoms with Crippen molar-refractivity contribution in [3.8, 4) is 0 Å². The van der Waals surface area contributed by atoms with Crippen molar-refractivity contribution in [1.82, 2.24) is 15.5 Å². The summed E-state index contributed by atoms with van der Waals surface area (Å²) < 4.78 is 42.9. The lowest BCUT2D eigenvalue weighted by Crippen LogP contribution is -2.31. The number of aryl methyl sites for hydroxylation is 2. The molecule has 4 rings (SSSR count). The number of fused-ring (bicyclic) bond motifs is 1. The second kappa shape index (κ2) is 8.97. The summed E-state index contributed by atoms with van der Waals surface area (Å²) in [5.74, 6) is -0.909. The maximum absolute atomic E-state index is 13.0. The van der Waals surface area contributed by atoms with Crippen LogP contribution in [0.15, 0.2) is 57.9 Å². The van der Waals surface area contributed by atoms with Crippen LogP contribution < -0.4 is 5.32 Å². The maximum Gasteiger partial charge on any atom is 0.227 e. The number of hydrogen-bond acceptors (Lipinski definition) is 6. The van der Waals surface area contributed by atoms with Crippen molar-refractivity contribution in [1.29, 1.82) is 0 Å². The molecule has 0 radical (unpaired) electrons. The lowest BCUT2D eigenvalue weighted by atomic mass is 9.87. The third-order valence-electron chi connectivity index (χ3n) is 5.27. The van der Waals surface area contributed by atoms with E-state index >= 15 is 0 Å². The van der Waals surface area contributed by atoms with Gasteiger partial charge in [-0.3, -0.25) is 4.79 Å². The van der Waals surface area contributed by atoms with Gasteiger partial charge < -0.3 is 9.84 Å². The molecule has 0 unspecified atom stereocenters. The van der Waals surface area contributed by atoms with Gasteiger partial charge in [-0.1, -0.05) is 29.4 Å². The Morgan fingerprint density at radius 1 is 1.16 bits per heavy atom. The summed E-state index contributed by atoms with van der Waals surface area (Å²) >= 11 is 0. The van der Waals surface area contributed by atoms with Crippen LogP contribution in [-0.2, 0) is 33.2 Å². The summed E-state index contributed by atoms with van der Waals surface area (Å²) in [6.45, 7) is 0. The van der Waals surface area contributed by atoms with Crippen LogP contribution in [0.4, 0.5) is 4.39 Å². The first-order chi connectivity index (χ1) is 14.9. The summed E-state index contributed by atoms with van der Waals surface area (Å²) in [6, 6.07) is 12.7. The first-order valence-corrected chi connectivity index (χ1v) is 11.7. The molecule has 3 aromatic rings. The number of benzene rings is 2. The van der Waals surface area contributed by atoms with Gasteiger partial charge in [0.05, 0.1) is 10.9 Å². The molecule has 0 spiro atoms. The number of nitrogens with one attached hydrogen (secondary N) is 1. The molecule has 1 N–H and O–H groups in total. The summed E-state index contributed by atoms with van der Waals surface area (Å²) in [5, 5.41) is 6.76. The van der Waals surface area contributed by atoms with Crippen molar-refractivity contribution in [2.24, 2.45) is 0 Å². The normalized spacial score (nSPS) is 16.0. The zero-order valence-corrected chi connectivity index (χ0v) is 17.6. The van der Waals surface area contributed by atoms with Gasteiger partial charge in [-0.25, -0.2) is 12.8 Å². The largest absolute Gasteiger partial charge is 0.349 e. The average molecular weight is 444 g/mol. The van der Waals surface area contributed by atoms with Gasteiger partial charge in [0.1, 0.15) is 11.6 Å². The van der Waals surface area contributed by atoms with Crippen LogP contribution in [0.1, 0.15) is 48.1 Å². The molecule has 1 heterocycles. The maximum atomic E-state index is 13.0. The fourth-order valence-corrected chi connectivity index (χ4v) is 4.91. The number of rotatable bonds is 7. The molecule has 1 amide bonds. The molecule has 0 aliphatic heterocycles. The molecule has 2 aromatic carbocycles. The average Bonchev–Trinajstić information content (AvgIpc) is 3.19. The standard InChI is InChI=1S/C22H22FN3O4S/c23-16-8-10-17(11-9-16)31(28,29)14-20-25-22(30-26-20)13-12-21(27)24-19-7-3-5-15-4-1-2-6-18(15)19/h1-2,4,6,8-11,19H,3,5,7,12-14H2,(H,24,27)/t19-/m0/s1. The van der Waals surface area contributed by atoms with E-state index in [1.54, 1.807) is 0 Å². The van der Waals surface area contributed by atoms with Crippen molar-refractivity contribution in [2.45, 2.75) is 48.8 Å². The number of carbonyl (C=O) groups is 1. The molecule has 162 valence electrons. The predicted molar refractivity (Wildman–Crippen MR) is 110 cm³/mol. The first-order valence-electron chi connectivity index (χ1n) is 10.1. The van der Waals surface area contributed by atoms with Gasteiger partial charge in [0, 0.05) is 12.8 Å². The summed E-state index contributed by atoms with van der Waals surface area (Å²) in [5.41, 5.74) is 2.43. The highest BCUT2D eigenvalue weighted by atomic mass is 32.2. The Labute approximate surface area is 179 Å². The molecule has 1 aromatic heterocycles. The SMILES string of the molecule is O=C(CCc1nc(CS(=O)(=O)c2ccc(F)cc2)no1)N[C@H]1CCCc2ccccc21. The Balaban J connectivity index is 1.32. The first kappa shape index (κ1) is 21.2. The topological polar surface area (TPSA) is 102 Å². The predicted octanol–water partition coefficient (Wildman–Crippen LogP) is 3.31. The Hall–Kier alpha value is -3.07. The Bertz CT molecular complexity index is 1180. The van der Waals surface area contributed by atoms with E-state index in [2.05, 4.69) is 21.5 Å². The van der Waals surface area contributed by atoms with E-state index in [9.17, 15) is 17.6 Å². The molecule has 1 aliphatic rings. The van der Waals surface area contributed by atoms with Crippen LogP contribution in [-0.4, -0.2) is 24.5 Å². The van der Waals surface area contributed by atoms with Crippen molar-refractivity contribution >= 4 is 15.7 Å². The smallest absolute Gasteiger partial charge is 0.227 e. The van der Waals surface area contributed by atoms with E-state index in [0.717, 1.165) is 37.0 Å². The van der Waals surface area contributed by atoms with Crippen molar-refractivity contribution in [2.75, 3.05) is 0 Å². The van der Waals surface area contributed by atoms with E-state index in [0.29, 0.717) is 0 Å². The molecule has 0 saturated heterocycles. The van der Waals surface area contributed by atoms with E-state index in [1.165, 1.54) is 17.7 Å². The van der Waals surface area contributed by atoms with Gasteiger partial charge in [-0.2, -0.15) is 4.98 Å². The highest BCUT2D eigenvalue weighted by molar-refractivity contribution is 7.90. The highest BCUT2D eigenvalue weighted by Gasteiger charge is 2.22. The van der Waals surface area contributed by atoms with Gasteiger partial charge >= 0.3 is 0 Å². The van der Waals surface area contributed by atoms with E-state index in [-0.39, 0.29) is 41.4 Å². The zero-order chi connectivity index (χ0) is 21.8. The van der Waals surface area contributed by atoms with Crippen molar-refractivity contribution in [3.05, 3.63) is 77.2 Å². The number of amides is 1. The van der Waals surface area contributed by atoms with Crippen LogP contribution in [0, 0.1) is 5.82 Å². The fourth-order valence-electron chi connectivity index (χ4n) is 3.74. The number of sulfone groups is 1. The Kier molecular flexibility index (Phi) is 6.13. The van der Waals surface area contributed by atoms with Crippen LogP contribution in [0.2, 0.25) is 0 Å². The monoisotopic (exact) mass is 443 g/mol. The van der Waals surface area contributed by atoms with Crippen molar-refractivity contribution < 1.29 is 22.1 Å². The molecule has 7 nitrogen and oxygen atoms in total. The quantitative estimate of drug-likeness (QED) is 0.562. The number of hydrogen-bond donors (Lipinski definition) is 1. The summed E-state index contributed by atoms with van der Waals surface area (Å²) in [4.78, 5) is 16.5. The molecule has 0 bridgehead atoms. The minimum absolute atomic E-state index is 0.000871.